The fourth-order valence-corrected chi connectivity index (χ4v) is 4.01. The molecule has 0 unspecified atom stereocenters. The molecule has 1 aromatic carbocycles. The molecule has 1 amide bonds. The van der Waals surface area contributed by atoms with Gasteiger partial charge >= 0.3 is 0 Å². The molecule has 2 aromatic heterocycles. The molecule has 8 heteroatoms. The van der Waals surface area contributed by atoms with E-state index in [9.17, 15) is 4.79 Å². The van der Waals surface area contributed by atoms with Crippen molar-refractivity contribution in [2.24, 2.45) is 0 Å². The summed E-state index contributed by atoms with van der Waals surface area (Å²) in [7, 11) is 1.56. The molecule has 3 heterocycles. The molecule has 3 aromatic rings. The highest BCUT2D eigenvalue weighted by Crippen LogP contribution is 2.43. The van der Waals surface area contributed by atoms with Crippen molar-refractivity contribution in [1.82, 2.24) is 10.3 Å². The quantitative estimate of drug-likeness (QED) is 0.599. The average Bonchev–Trinajstić information content (AvgIpc) is 3.31. The van der Waals surface area contributed by atoms with E-state index in [0.29, 0.717) is 16.5 Å². The molecular weight excluding hydrogens is 400 g/mol. The van der Waals surface area contributed by atoms with Gasteiger partial charge in [-0.2, -0.15) is 0 Å². The van der Waals surface area contributed by atoms with Crippen molar-refractivity contribution in [1.29, 1.82) is 0 Å². The largest absolute Gasteiger partial charge is 0.495 e. The SMILES string of the molecule is COc1ccc(N2C(=S)N[C@H](c3ccccn3)[C@H]2c2ccc(C)o2)cc1NC(C)=O. The lowest BCUT2D eigenvalue weighted by molar-refractivity contribution is -0.114. The summed E-state index contributed by atoms with van der Waals surface area (Å²) in [4.78, 5) is 18.2. The third-order valence-corrected chi connectivity index (χ3v) is 5.24. The normalized spacial score (nSPS) is 18.2. The maximum absolute atomic E-state index is 11.7. The number of ether oxygens (including phenoxy) is 1. The summed E-state index contributed by atoms with van der Waals surface area (Å²) in [5.41, 5.74) is 2.23. The van der Waals surface area contributed by atoms with Crippen LogP contribution in [0.5, 0.6) is 5.75 Å². The van der Waals surface area contributed by atoms with Crippen molar-refractivity contribution >= 4 is 34.6 Å². The molecule has 154 valence electrons. The third-order valence-electron chi connectivity index (χ3n) is 4.92. The lowest BCUT2D eigenvalue weighted by Gasteiger charge is -2.27. The van der Waals surface area contributed by atoms with Gasteiger partial charge in [-0.05, 0) is 61.6 Å². The Morgan fingerprint density at radius 3 is 2.73 bits per heavy atom. The number of nitrogens with one attached hydrogen (secondary N) is 2. The van der Waals surface area contributed by atoms with Gasteiger partial charge in [-0.15, -0.1) is 0 Å². The van der Waals surface area contributed by atoms with Gasteiger partial charge in [0.25, 0.3) is 0 Å². The molecule has 1 saturated heterocycles. The number of aromatic nitrogens is 1. The smallest absolute Gasteiger partial charge is 0.221 e. The number of benzene rings is 1. The molecule has 2 N–H and O–H groups in total. The van der Waals surface area contributed by atoms with Gasteiger partial charge in [0.2, 0.25) is 5.91 Å². The molecule has 1 aliphatic rings. The van der Waals surface area contributed by atoms with Crippen LogP contribution in [0.3, 0.4) is 0 Å². The molecule has 0 spiro atoms. The predicted octanol–water partition coefficient (Wildman–Crippen LogP) is 4.13. The van der Waals surface area contributed by atoms with Gasteiger partial charge < -0.3 is 24.7 Å². The highest BCUT2D eigenvalue weighted by atomic mass is 32.1. The topological polar surface area (TPSA) is 79.6 Å². The zero-order valence-corrected chi connectivity index (χ0v) is 17.7. The Labute approximate surface area is 180 Å². The number of hydrogen-bond donors (Lipinski definition) is 2. The standard InChI is InChI=1S/C22H22N4O3S/c1-13-7-9-19(29-13)21-20(16-6-4-5-11-23-16)25-22(30)26(21)15-8-10-18(28-3)17(12-15)24-14(2)27/h4-12,20-21H,1-3H3,(H,24,27)(H,25,30)/t20-,21-/m1/s1. The number of amides is 1. The van der Waals surface area contributed by atoms with Crippen LogP contribution in [0.25, 0.3) is 0 Å². The summed E-state index contributed by atoms with van der Waals surface area (Å²) >= 11 is 5.70. The van der Waals surface area contributed by atoms with Crippen LogP contribution < -0.4 is 20.3 Å². The van der Waals surface area contributed by atoms with Crippen molar-refractivity contribution in [3.05, 3.63) is 71.9 Å². The molecule has 0 aliphatic carbocycles. The summed E-state index contributed by atoms with van der Waals surface area (Å²) in [6.07, 6.45) is 1.76. The number of nitrogens with zero attached hydrogens (tertiary/aromatic N) is 2. The second kappa shape index (κ2) is 8.16. The summed E-state index contributed by atoms with van der Waals surface area (Å²) in [5, 5.41) is 6.74. The Bertz CT molecular complexity index is 1080. The summed E-state index contributed by atoms with van der Waals surface area (Å²) in [5.74, 6) is 1.97. The van der Waals surface area contributed by atoms with E-state index in [1.165, 1.54) is 6.92 Å². The molecule has 1 aliphatic heterocycles. The zero-order valence-electron chi connectivity index (χ0n) is 16.9. The highest BCUT2D eigenvalue weighted by molar-refractivity contribution is 7.80. The van der Waals surface area contributed by atoms with Crippen LogP contribution in [0.2, 0.25) is 0 Å². The number of carbonyl (C=O) groups excluding carboxylic acids is 1. The minimum atomic E-state index is -0.250. The molecule has 2 atom stereocenters. The van der Waals surface area contributed by atoms with E-state index >= 15 is 0 Å². The third kappa shape index (κ3) is 3.73. The van der Waals surface area contributed by atoms with E-state index in [1.807, 2.05) is 60.4 Å². The highest BCUT2D eigenvalue weighted by Gasteiger charge is 2.42. The van der Waals surface area contributed by atoms with Crippen molar-refractivity contribution in [3.8, 4) is 5.75 Å². The average molecular weight is 423 g/mol. The Hall–Kier alpha value is -3.39. The summed E-state index contributed by atoms with van der Waals surface area (Å²) < 4.78 is 11.4. The van der Waals surface area contributed by atoms with E-state index in [1.54, 1.807) is 13.3 Å². The van der Waals surface area contributed by atoms with E-state index in [0.717, 1.165) is 22.9 Å². The number of aryl methyl sites for hydroxylation is 1. The number of rotatable bonds is 5. The molecule has 7 nitrogen and oxygen atoms in total. The summed E-state index contributed by atoms with van der Waals surface area (Å²) in [6.45, 7) is 3.37. The van der Waals surface area contributed by atoms with Crippen molar-refractivity contribution in [2.45, 2.75) is 25.9 Å². The van der Waals surface area contributed by atoms with Crippen LogP contribution in [0, 0.1) is 6.92 Å². The van der Waals surface area contributed by atoms with Gasteiger partial charge in [0.1, 0.15) is 23.3 Å². The van der Waals surface area contributed by atoms with Crippen molar-refractivity contribution in [2.75, 3.05) is 17.3 Å². The number of carbonyl (C=O) groups is 1. The molecule has 4 rings (SSSR count). The van der Waals surface area contributed by atoms with Crippen LogP contribution in [-0.4, -0.2) is 23.1 Å². The van der Waals surface area contributed by atoms with Gasteiger partial charge in [0.15, 0.2) is 5.11 Å². The van der Waals surface area contributed by atoms with Crippen molar-refractivity contribution < 1.29 is 13.9 Å². The number of hydrogen-bond acceptors (Lipinski definition) is 5. The first-order valence-corrected chi connectivity index (χ1v) is 9.91. The lowest BCUT2D eigenvalue weighted by atomic mass is 10.0. The number of methoxy groups -OCH3 is 1. The second-order valence-corrected chi connectivity index (χ2v) is 7.40. The van der Waals surface area contributed by atoms with E-state index in [-0.39, 0.29) is 18.0 Å². The van der Waals surface area contributed by atoms with E-state index < -0.39 is 0 Å². The molecule has 0 radical (unpaired) electrons. The van der Waals surface area contributed by atoms with Crippen LogP contribution >= 0.6 is 12.2 Å². The first-order chi connectivity index (χ1) is 14.5. The van der Waals surface area contributed by atoms with Crippen LogP contribution in [0.15, 0.2) is 59.1 Å². The fourth-order valence-electron chi connectivity index (χ4n) is 3.67. The van der Waals surface area contributed by atoms with Gasteiger partial charge in [-0.3, -0.25) is 9.78 Å². The number of anilines is 2. The fraction of sp³-hybridized carbons (Fsp3) is 0.227. The maximum Gasteiger partial charge on any atom is 0.221 e. The van der Waals surface area contributed by atoms with Crippen LogP contribution in [0.1, 0.15) is 36.2 Å². The van der Waals surface area contributed by atoms with Gasteiger partial charge in [0.05, 0.1) is 24.5 Å². The first kappa shape index (κ1) is 19.9. The zero-order chi connectivity index (χ0) is 21.3. The molecule has 30 heavy (non-hydrogen) atoms. The van der Waals surface area contributed by atoms with Crippen molar-refractivity contribution in [3.63, 3.8) is 0 Å². The molecule has 1 fully saturated rings. The molecule has 0 saturated carbocycles. The predicted molar refractivity (Wildman–Crippen MR) is 119 cm³/mol. The molecule has 0 bridgehead atoms. The Morgan fingerprint density at radius 2 is 2.10 bits per heavy atom. The Kier molecular flexibility index (Phi) is 5.41. The minimum Gasteiger partial charge on any atom is -0.495 e. The monoisotopic (exact) mass is 422 g/mol. The second-order valence-electron chi connectivity index (χ2n) is 7.01. The first-order valence-electron chi connectivity index (χ1n) is 9.50. The van der Waals surface area contributed by atoms with Crippen LogP contribution in [0.4, 0.5) is 11.4 Å². The lowest BCUT2D eigenvalue weighted by Crippen LogP contribution is -2.29. The van der Waals surface area contributed by atoms with E-state index in [2.05, 4.69) is 15.6 Å². The van der Waals surface area contributed by atoms with Gasteiger partial charge in [0, 0.05) is 18.8 Å². The van der Waals surface area contributed by atoms with E-state index in [4.69, 9.17) is 21.4 Å². The maximum atomic E-state index is 11.7. The van der Waals surface area contributed by atoms with Gasteiger partial charge in [-0.1, -0.05) is 6.07 Å². The number of furan rings is 1. The minimum absolute atomic E-state index is 0.183. The number of thiocarbonyl (C=S) groups is 1. The van der Waals surface area contributed by atoms with Crippen LogP contribution in [-0.2, 0) is 4.79 Å². The Balaban J connectivity index is 1.81. The Morgan fingerprint density at radius 1 is 1.27 bits per heavy atom. The number of pyridine rings is 1. The summed E-state index contributed by atoms with van der Waals surface area (Å²) in [6, 6.07) is 14.8. The molecular formula is C22H22N4O3S. The van der Waals surface area contributed by atoms with Gasteiger partial charge in [-0.25, -0.2) is 0 Å².